The minimum atomic E-state index is -0.139. The fourth-order valence-corrected chi connectivity index (χ4v) is 3.59. The van der Waals surface area contributed by atoms with E-state index in [0.717, 1.165) is 28.8 Å². The summed E-state index contributed by atoms with van der Waals surface area (Å²) in [7, 11) is 0. The molecule has 2 aromatic heterocycles. The minimum Gasteiger partial charge on any atom is -0.457 e. The highest BCUT2D eigenvalue weighted by atomic mass is 16.5. The van der Waals surface area contributed by atoms with Crippen molar-refractivity contribution >= 4 is 22.8 Å². The number of amides is 2. The molecule has 0 radical (unpaired) electrons. The van der Waals surface area contributed by atoms with Crippen molar-refractivity contribution < 1.29 is 9.53 Å². The average Bonchev–Trinajstić information content (AvgIpc) is 3.24. The van der Waals surface area contributed by atoms with Gasteiger partial charge in [-0.3, -0.25) is 5.10 Å². The third-order valence-electron chi connectivity index (χ3n) is 5.03. The highest BCUT2D eigenvalue weighted by Gasteiger charge is 2.23. The van der Waals surface area contributed by atoms with Crippen LogP contribution in [-0.4, -0.2) is 32.7 Å². The summed E-state index contributed by atoms with van der Waals surface area (Å²) in [6.45, 7) is 1.17. The van der Waals surface area contributed by atoms with E-state index >= 15 is 0 Å². The zero-order valence-corrected chi connectivity index (χ0v) is 15.6. The molecule has 0 spiro atoms. The first-order chi connectivity index (χ1) is 14.3. The van der Waals surface area contributed by atoms with Crippen LogP contribution in [0.1, 0.15) is 11.1 Å². The Morgan fingerprint density at radius 3 is 2.83 bits per heavy atom. The second-order valence-corrected chi connectivity index (χ2v) is 6.94. The Kier molecular flexibility index (Phi) is 4.32. The summed E-state index contributed by atoms with van der Waals surface area (Å²) in [6.07, 6.45) is 4.40. The van der Waals surface area contributed by atoms with E-state index in [1.165, 1.54) is 5.56 Å². The molecule has 7 heteroatoms. The first-order valence-corrected chi connectivity index (χ1v) is 9.45. The Balaban J connectivity index is 1.29. The molecule has 0 fully saturated rings. The SMILES string of the molecule is O=C(Nc1cccc(Oc2ccccc2)c1)N1CCc2c(cnc3[nH]ncc23)C1. The van der Waals surface area contributed by atoms with Crippen LogP contribution in [0.5, 0.6) is 11.5 Å². The van der Waals surface area contributed by atoms with E-state index in [-0.39, 0.29) is 6.03 Å². The first-order valence-electron chi connectivity index (χ1n) is 9.45. The van der Waals surface area contributed by atoms with E-state index in [1.54, 1.807) is 11.1 Å². The van der Waals surface area contributed by atoms with Gasteiger partial charge >= 0.3 is 6.03 Å². The molecule has 29 heavy (non-hydrogen) atoms. The lowest BCUT2D eigenvalue weighted by atomic mass is 9.99. The monoisotopic (exact) mass is 385 g/mol. The molecule has 0 atom stereocenters. The van der Waals surface area contributed by atoms with Crippen LogP contribution in [0.15, 0.2) is 67.0 Å². The van der Waals surface area contributed by atoms with Gasteiger partial charge < -0.3 is 15.0 Å². The number of pyridine rings is 1. The molecule has 3 heterocycles. The normalized spacial score (nSPS) is 13.2. The van der Waals surface area contributed by atoms with Crippen LogP contribution in [0.3, 0.4) is 0 Å². The van der Waals surface area contributed by atoms with Crippen molar-refractivity contribution in [2.24, 2.45) is 0 Å². The highest BCUT2D eigenvalue weighted by molar-refractivity contribution is 5.90. The molecule has 0 unspecified atom stereocenters. The van der Waals surface area contributed by atoms with Gasteiger partial charge in [0.15, 0.2) is 5.65 Å². The molecule has 0 saturated carbocycles. The van der Waals surface area contributed by atoms with Crippen molar-refractivity contribution in [2.45, 2.75) is 13.0 Å². The number of hydrogen-bond acceptors (Lipinski definition) is 4. The molecule has 1 aliphatic heterocycles. The number of aromatic amines is 1. The third kappa shape index (κ3) is 3.50. The van der Waals surface area contributed by atoms with E-state index in [2.05, 4.69) is 20.5 Å². The third-order valence-corrected chi connectivity index (χ3v) is 5.03. The number of carbonyl (C=O) groups excluding carboxylic acids is 1. The van der Waals surface area contributed by atoms with Crippen molar-refractivity contribution in [3.8, 4) is 11.5 Å². The van der Waals surface area contributed by atoms with Crippen molar-refractivity contribution in [2.75, 3.05) is 11.9 Å². The molecule has 4 aromatic rings. The van der Waals surface area contributed by atoms with E-state index in [4.69, 9.17) is 4.74 Å². The smallest absolute Gasteiger partial charge is 0.322 e. The maximum Gasteiger partial charge on any atom is 0.322 e. The molecule has 1 aliphatic rings. The van der Waals surface area contributed by atoms with Gasteiger partial charge in [0.1, 0.15) is 11.5 Å². The Hall–Kier alpha value is -3.87. The Labute approximate surface area is 167 Å². The van der Waals surface area contributed by atoms with Crippen LogP contribution >= 0.6 is 0 Å². The Morgan fingerprint density at radius 2 is 1.93 bits per heavy atom. The Bertz CT molecular complexity index is 1170. The van der Waals surface area contributed by atoms with Crippen molar-refractivity contribution in [1.29, 1.82) is 0 Å². The summed E-state index contributed by atoms with van der Waals surface area (Å²) in [5, 5.41) is 11.0. The quantitative estimate of drug-likeness (QED) is 0.549. The molecule has 7 nitrogen and oxygen atoms in total. The average molecular weight is 385 g/mol. The minimum absolute atomic E-state index is 0.139. The molecular formula is C22H19N5O2. The summed E-state index contributed by atoms with van der Waals surface area (Å²) >= 11 is 0. The molecule has 5 rings (SSSR count). The number of para-hydroxylation sites is 1. The molecule has 2 aromatic carbocycles. The zero-order valence-electron chi connectivity index (χ0n) is 15.6. The molecule has 0 aliphatic carbocycles. The summed E-state index contributed by atoms with van der Waals surface area (Å²) in [4.78, 5) is 19.0. The number of aromatic nitrogens is 3. The fourth-order valence-electron chi connectivity index (χ4n) is 3.59. The number of H-pyrrole nitrogens is 1. The maximum absolute atomic E-state index is 12.8. The lowest BCUT2D eigenvalue weighted by molar-refractivity contribution is 0.206. The van der Waals surface area contributed by atoms with Crippen LogP contribution < -0.4 is 10.1 Å². The summed E-state index contributed by atoms with van der Waals surface area (Å²) in [5.41, 5.74) is 3.75. The van der Waals surface area contributed by atoms with E-state index < -0.39 is 0 Å². The van der Waals surface area contributed by atoms with Gasteiger partial charge in [-0.15, -0.1) is 0 Å². The summed E-state index contributed by atoms with van der Waals surface area (Å²) < 4.78 is 5.84. The number of ether oxygens (including phenoxy) is 1. The van der Waals surface area contributed by atoms with Gasteiger partial charge in [-0.05, 0) is 41.8 Å². The van der Waals surface area contributed by atoms with E-state index in [9.17, 15) is 4.79 Å². The first kappa shape index (κ1) is 17.2. The van der Waals surface area contributed by atoms with Crippen molar-refractivity contribution in [1.82, 2.24) is 20.1 Å². The molecule has 144 valence electrons. The van der Waals surface area contributed by atoms with E-state index in [1.807, 2.05) is 60.8 Å². The number of benzene rings is 2. The van der Waals surface area contributed by atoms with Crippen LogP contribution in [0.25, 0.3) is 11.0 Å². The largest absolute Gasteiger partial charge is 0.457 e. The standard InChI is InChI=1S/C22H19N5O2/c28-22(25-16-5-4-8-18(11-16)29-17-6-2-1-3-7-17)27-10-9-19-15(14-27)12-23-21-20(19)13-24-26-21/h1-8,11-13H,9-10,14H2,(H,25,28)(H,23,24,26). The maximum atomic E-state index is 12.8. The van der Waals surface area contributed by atoms with Crippen molar-refractivity contribution in [3.63, 3.8) is 0 Å². The van der Waals surface area contributed by atoms with E-state index in [0.29, 0.717) is 24.5 Å². The summed E-state index contributed by atoms with van der Waals surface area (Å²) in [5.74, 6) is 1.42. The topological polar surface area (TPSA) is 83.1 Å². The lowest BCUT2D eigenvalue weighted by Gasteiger charge is -2.29. The van der Waals surface area contributed by atoms with Crippen LogP contribution in [0, 0.1) is 0 Å². The van der Waals surface area contributed by atoms with Crippen LogP contribution in [0.4, 0.5) is 10.5 Å². The number of nitrogens with one attached hydrogen (secondary N) is 2. The number of nitrogens with zero attached hydrogens (tertiary/aromatic N) is 3. The van der Waals surface area contributed by atoms with Gasteiger partial charge in [0, 0.05) is 36.4 Å². The van der Waals surface area contributed by atoms with Crippen molar-refractivity contribution in [3.05, 3.63) is 78.1 Å². The number of rotatable bonds is 3. The highest BCUT2D eigenvalue weighted by Crippen LogP contribution is 2.27. The van der Waals surface area contributed by atoms with Gasteiger partial charge in [-0.1, -0.05) is 24.3 Å². The Morgan fingerprint density at radius 1 is 1.07 bits per heavy atom. The van der Waals surface area contributed by atoms with Crippen LogP contribution in [-0.2, 0) is 13.0 Å². The van der Waals surface area contributed by atoms with Gasteiger partial charge in [0.2, 0.25) is 0 Å². The molecule has 0 saturated heterocycles. The number of anilines is 1. The molecule has 0 bridgehead atoms. The lowest BCUT2D eigenvalue weighted by Crippen LogP contribution is -2.39. The van der Waals surface area contributed by atoms with Gasteiger partial charge in [0.25, 0.3) is 0 Å². The van der Waals surface area contributed by atoms with Gasteiger partial charge in [-0.25, -0.2) is 9.78 Å². The van der Waals surface area contributed by atoms with Crippen LogP contribution in [0.2, 0.25) is 0 Å². The van der Waals surface area contributed by atoms with Gasteiger partial charge in [0.05, 0.1) is 6.20 Å². The molecule has 2 amide bonds. The number of urea groups is 1. The number of fused-ring (bicyclic) bond motifs is 3. The second-order valence-electron chi connectivity index (χ2n) is 6.94. The predicted octanol–water partition coefficient (Wildman–Crippen LogP) is 4.34. The molecular weight excluding hydrogens is 366 g/mol. The number of hydrogen-bond donors (Lipinski definition) is 2. The second kappa shape index (κ2) is 7.27. The molecule has 2 N–H and O–H groups in total. The number of carbonyl (C=O) groups is 1. The van der Waals surface area contributed by atoms with Gasteiger partial charge in [-0.2, -0.15) is 5.10 Å². The fraction of sp³-hybridized carbons (Fsp3) is 0.136. The zero-order chi connectivity index (χ0) is 19.6. The summed E-state index contributed by atoms with van der Waals surface area (Å²) in [6, 6.07) is 16.8. The predicted molar refractivity (Wildman–Crippen MR) is 110 cm³/mol.